The lowest BCUT2D eigenvalue weighted by atomic mass is 9.83. The van der Waals surface area contributed by atoms with Crippen molar-refractivity contribution in [3.63, 3.8) is 0 Å². The summed E-state index contributed by atoms with van der Waals surface area (Å²) in [5, 5.41) is 20.2. The first kappa shape index (κ1) is 12.1. The summed E-state index contributed by atoms with van der Waals surface area (Å²) in [6, 6.07) is 13.8. The number of nitriles is 2. The molecule has 0 N–H and O–H groups in total. The molecule has 0 heterocycles. The smallest absolute Gasteiger partial charge is 0.101 e. The fourth-order valence-corrected chi connectivity index (χ4v) is 2.16. The van der Waals surface area contributed by atoms with E-state index in [4.69, 9.17) is 10.5 Å². The maximum atomic E-state index is 9.10. The van der Waals surface area contributed by atoms with E-state index < -0.39 is 0 Å². The van der Waals surface area contributed by atoms with E-state index in [0.29, 0.717) is 11.1 Å². The van der Waals surface area contributed by atoms with Crippen LogP contribution in [0.1, 0.15) is 37.5 Å². The molecule has 0 bridgehead atoms. The Morgan fingerprint density at radius 1 is 0.944 bits per heavy atom. The van der Waals surface area contributed by atoms with Crippen molar-refractivity contribution in [3.05, 3.63) is 47.0 Å². The van der Waals surface area contributed by atoms with E-state index in [1.165, 1.54) is 5.56 Å². The summed E-state index contributed by atoms with van der Waals surface area (Å²) < 4.78 is 0. The predicted octanol–water partition coefficient (Wildman–Crippen LogP) is 3.88. The zero-order chi connectivity index (χ0) is 13.3. The van der Waals surface area contributed by atoms with E-state index in [-0.39, 0.29) is 5.41 Å². The molecule has 0 unspecified atom stereocenters. The van der Waals surface area contributed by atoms with Crippen molar-refractivity contribution in [3.8, 4) is 12.1 Å². The lowest BCUT2D eigenvalue weighted by Gasteiger charge is -2.21. The Bertz CT molecular complexity index is 692. The molecule has 0 saturated heterocycles. The third kappa shape index (κ3) is 1.94. The SMILES string of the molecule is CC(C)(C)c1cccc2cc(C#N)c(C#N)cc12. The van der Waals surface area contributed by atoms with Gasteiger partial charge >= 0.3 is 0 Å². The molecule has 88 valence electrons. The highest BCUT2D eigenvalue weighted by atomic mass is 14.3. The maximum Gasteiger partial charge on any atom is 0.101 e. The predicted molar refractivity (Wildman–Crippen MR) is 72.1 cm³/mol. The average molecular weight is 234 g/mol. The largest absolute Gasteiger partial charge is 0.192 e. The second kappa shape index (κ2) is 4.17. The summed E-state index contributed by atoms with van der Waals surface area (Å²) >= 11 is 0. The number of fused-ring (bicyclic) bond motifs is 1. The molecule has 0 radical (unpaired) electrons. The molecule has 0 fully saturated rings. The zero-order valence-electron chi connectivity index (χ0n) is 10.8. The van der Waals surface area contributed by atoms with Gasteiger partial charge in [0.05, 0.1) is 11.1 Å². The van der Waals surface area contributed by atoms with Gasteiger partial charge < -0.3 is 0 Å². The van der Waals surface area contributed by atoms with Crippen molar-refractivity contribution in [2.45, 2.75) is 26.2 Å². The van der Waals surface area contributed by atoms with Crippen LogP contribution in [0, 0.1) is 22.7 Å². The Morgan fingerprint density at radius 2 is 1.56 bits per heavy atom. The Hall–Kier alpha value is -2.32. The first-order valence-electron chi connectivity index (χ1n) is 5.85. The Labute approximate surface area is 107 Å². The molecule has 2 rings (SSSR count). The number of hydrogen-bond acceptors (Lipinski definition) is 2. The van der Waals surface area contributed by atoms with Crippen LogP contribution in [0.25, 0.3) is 10.8 Å². The van der Waals surface area contributed by atoms with Crippen molar-refractivity contribution >= 4 is 10.8 Å². The van der Waals surface area contributed by atoms with Crippen LogP contribution in [0.15, 0.2) is 30.3 Å². The summed E-state index contributed by atoms with van der Waals surface area (Å²) in [7, 11) is 0. The first-order valence-corrected chi connectivity index (χ1v) is 5.85. The second-order valence-corrected chi connectivity index (χ2v) is 5.40. The van der Waals surface area contributed by atoms with Crippen LogP contribution in [-0.2, 0) is 5.41 Å². The first-order chi connectivity index (χ1) is 8.47. The molecule has 18 heavy (non-hydrogen) atoms. The third-order valence-corrected chi connectivity index (χ3v) is 3.07. The van der Waals surface area contributed by atoms with Crippen LogP contribution in [0.2, 0.25) is 0 Å². The fourth-order valence-electron chi connectivity index (χ4n) is 2.16. The minimum atomic E-state index is 0.0143. The Morgan fingerprint density at radius 3 is 2.11 bits per heavy atom. The van der Waals surface area contributed by atoms with E-state index >= 15 is 0 Å². The molecule has 2 heteroatoms. The van der Waals surface area contributed by atoms with Gasteiger partial charge in [-0.3, -0.25) is 0 Å². The third-order valence-electron chi connectivity index (χ3n) is 3.07. The normalized spacial score (nSPS) is 10.9. The van der Waals surface area contributed by atoms with E-state index in [1.807, 2.05) is 18.2 Å². The molecule has 0 aliphatic rings. The topological polar surface area (TPSA) is 47.6 Å². The van der Waals surface area contributed by atoms with Crippen molar-refractivity contribution in [1.29, 1.82) is 10.5 Å². The van der Waals surface area contributed by atoms with Crippen molar-refractivity contribution in [1.82, 2.24) is 0 Å². The van der Waals surface area contributed by atoms with Gasteiger partial charge in [-0.1, -0.05) is 39.0 Å². The van der Waals surface area contributed by atoms with Gasteiger partial charge in [0.25, 0.3) is 0 Å². The minimum Gasteiger partial charge on any atom is -0.192 e. The highest BCUT2D eigenvalue weighted by Gasteiger charge is 2.17. The monoisotopic (exact) mass is 234 g/mol. The van der Waals surface area contributed by atoms with Crippen molar-refractivity contribution < 1.29 is 0 Å². The lowest BCUT2D eigenvalue weighted by Crippen LogP contribution is -2.11. The summed E-state index contributed by atoms with van der Waals surface area (Å²) in [4.78, 5) is 0. The Kier molecular flexibility index (Phi) is 2.81. The van der Waals surface area contributed by atoms with Crippen LogP contribution in [0.4, 0.5) is 0 Å². The number of nitrogens with zero attached hydrogens (tertiary/aromatic N) is 2. The molecule has 0 saturated carbocycles. The van der Waals surface area contributed by atoms with Crippen LogP contribution in [-0.4, -0.2) is 0 Å². The van der Waals surface area contributed by atoms with Crippen LogP contribution in [0.3, 0.4) is 0 Å². The van der Waals surface area contributed by atoms with Gasteiger partial charge in [0.15, 0.2) is 0 Å². The average Bonchev–Trinajstić information content (AvgIpc) is 2.35. The summed E-state index contributed by atoms with van der Waals surface area (Å²) in [5.74, 6) is 0. The van der Waals surface area contributed by atoms with Gasteiger partial charge in [-0.05, 0) is 33.9 Å². The number of rotatable bonds is 0. The summed E-state index contributed by atoms with van der Waals surface area (Å²) in [5.41, 5.74) is 2.10. The van der Waals surface area contributed by atoms with Crippen LogP contribution < -0.4 is 0 Å². The molecular formula is C16H14N2. The highest BCUT2D eigenvalue weighted by molar-refractivity contribution is 5.89. The molecule has 2 aromatic carbocycles. The van der Waals surface area contributed by atoms with Gasteiger partial charge in [0.2, 0.25) is 0 Å². The quantitative estimate of drug-likeness (QED) is 0.694. The summed E-state index contributed by atoms with van der Waals surface area (Å²) in [6.45, 7) is 6.43. The Balaban J connectivity index is 2.88. The molecule has 2 nitrogen and oxygen atoms in total. The lowest BCUT2D eigenvalue weighted by molar-refractivity contribution is 0.596. The van der Waals surface area contributed by atoms with Crippen LogP contribution in [0.5, 0.6) is 0 Å². The van der Waals surface area contributed by atoms with Crippen molar-refractivity contribution in [2.24, 2.45) is 0 Å². The number of benzene rings is 2. The van der Waals surface area contributed by atoms with Gasteiger partial charge in [0, 0.05) is 0 Å². The molecule has 0 aliphatic carbocycles. The molecule has 0 aliphatic heterocycles. The molecule has 2 aromatic rings. The minimum absolute atomic E-state index is 0.0143. The summed E-state index contributed by atoms with van der Waals surface area (Å²) in [6.07, 6.45) is 0. The second-order valence-electron chi connectivity index (χ2n) is 5.40. The molecular weight excluding hydrogens is 220 g/mol. The standard InChI is InChI=1S/C16H14N2/c1-16(2,3)15-6-4-5-11-7-12(9-17)13(10-18)8-14(11)15/h4-8H,1-3H3. The van der Waals surface area contributed by atoms with Gasteiger partial charge in [-0.15, -0.1) is 0 Å². The highest BCUT2D eigenvalue weighted by Crippen LogP contribution is 2.31. The molecule has 0 amide bonds. The molecule has 0 atom stereocenters. The van der Waals surface area contributed by atoms with Gasteiger partial charge in [-0.2, -0.15) is 10.5 Å². The molecule has 0 spiro atoms. The zero-order valence-corrected chi connectivity index (χ0v) is 10.8. The van der Waals surface area contributed by atoms with E-state index in [2.05, 4.69) is 39.0 Å². The van der Waals surface area contributed by atoms with Gasteiger partial charge in [-0.25, -0.2) is 0 Å². The van der Waals surface area contributed by atoms with Crippen LogP contribution >= 0.6 is 0 Å². The maximum absolute atomic E-state index is 9.10. The fraction of sp³-hybridized carbons (Fsp3) is 0.250. The van der Waals surface area contributed by atoms with Crippen molar-refractivity contribution in [2.75, 3.05) is 0 Å². The van der Waals surface area contributed by atoms with E-state index in [0.717, 1.165) is 10.8 Å². The molecule has 0 aromatic heterocycles. The van der Waals surface area contributed by atoms with Gasteiger partial charge in [0.1, 0.15) is 12.1 Å². The van der Waals surface area contributed by atoms with E-state index in [9.17, 15) is 0 Å². The number of hydrogen-bond donors (Lipinski definition) is 0. The van der Waals surface area contributed by atoms with E-state index in [1.54, 1.807) is 6.07 Å².